The molecule has 2 aromatic carbocycles. The number of aliphatic carboxylic acids is 1. The van der Waals surface area contributed by atoms with Crippen molar-refractivity contribution in [3.8, 4) is 11.5 Å². The van der Waals surface area contributed by atoms with Crippen LogP contribution >= 0.6 is 0 Å². The first-order chi connectivity index (χ1) is 13.5. The van der Waals surface area contributed by atoms with Crippen molar-refractivity contribution in [3.63, 3.8) is 0 Å². The van der Waals surface area contributed by atoms with Gasteiger partial charge in [0.2, 0.25) is 0 Å². The van der Waals surface area contributed by atoms with Gasteiger partial charge in [0.1, 0.15) is 0 Å². The molecule has 0 fully saturated rings. The number of amides is 2. The van der Waals surface area contributed by atoms with E-state index in [1.807, 2.05) is 6.92 Å². The normalized spacial score (nSPS) is 14.8. The molecular weight excluding hydrogens is 362 g/mol. The van der Waals surface area contributed by atoms with Gasteiger partial charge in [-0.2, -0.15) is 0 Å². The highest BCUT2D eigenvalue weighted by molar-refractivity contribution is 6.34. The van der Waals surface area contributed by atoms with Crippen LogP contribution in [-0.4, -0.2) is 42.9 Å². The molecule has 0 bridgehead atoms. The van der Waals surface area contributed by atoms with E-state index < -0.39 is 24.3 Å². The van der Waals surface area contributed by atoms with E-state index >= 15 is 0 Å². The van der Waals surface area contributed by atoms with Crippen LogP contribution in [0.3, 0.4) is 0 Å². The van der Waals surface area contributed by atoms with Crippen LogP contribution in [0.4, 0.5) is 0 Å². The van der Waals surface area contributed by atoms with Crippen molar-refractivity contribution >= 4 is 29.4 Å². The van der Waals surface area contributed by atoms with Crippen molar-refractivity contribution in [2.45, 2.75) is 6.92 Å². The Hall–Kier alpha value is -3.61. The lowest BCUT2D eigenvalue weighted by Crippen LogP contribution is -2.47. The molecule has 144 valence electrons. The van der Waals surface area contributed by atoms with E-state index in [1.165, 1.54) is 7.11 Å². The zero-order chi connectivity index (χ0) is 20.3. The van der Waals surface area contributed by atoms with Gasteiger partial charge in [-0.15, -0.1) is 0 Å². The second kappa shape index (κ2) is 7.96. The highest BCUT2D eigenvalue weighted by Crippen LogP contribution is 2.36. The lowest BCUT2D eigenvalue weighted by atomic mass is 9.92. The number of fused-ring (bicyclic) bond motifs is 1. The number of methoxy groups -OCH3 is 1. The number of benzene rings is 2. The van der Waals surface area contributed by atoms with Crippen LogP contribution in [0.1, 0.15) is 28.4 Å². The summed E-state index contributed by atoms with van der Waals surface area (Å²) in [6, 6.07) is 11.8. The second-order valence-electron chi connectivity index (χ2n) is 5.98. The third kappa shape index (κ3) is 3.46. The maximum absolute atomic E-state index is 12.9. The molecule has 2 aromatic rings. The summed E-state index contributed by atoms with van der Waals surface area (Å²) in [6.07, 6.45) is 1.57. The topological polar surface area (TPSA) is 96.0 Å². The Balaban J connectivity index is 2.18. The monoisotopic (exact) mass is 380 g/mol. The maximum atomic E-state index is 12.9. The van der Waals surface area contributed by atoms with Crippen LogP contribution in [0, 0.1) is 0 Å². The molecule has 3 rings (SSSR count). The van der Waals surface area contributed by atoms with E-state index in [2.05, 4.69) is 0 Å². The predicted molar refractivity (Wildman–Crippen MR) is 99.5 cm³/mol. The Morgan fingerprint density at radius 3 is 2.43 bits per heavy atom. The molecular formula is C21H18NO6-. The van der Waals surface area contributed by atoms with Gasteiger partial charge in [-0.3, -0.25) is 14.5 Å². The van der Waals surface area contributed by atoms with Crippen LogP contribution in [0.25, 0.3) is 11.6 Å². The molecule has 0 unspecified atom stereocenters. The molecule has 0 aliphatic carbocycles. The standard InChI is InChI=1S/C21H19NO6/c1-3-28-17-10-6-7-13(19(17)27-2)11-16-14-8-4-5-9-15(14)20(25)22(21(16)26)12-18(23)24/h4-11H,3,12H2,1-2H3,(H,23,24)/p-1/b16-11-. The minimum Gasteiger partial charge on any atom is -0.548 e. The molecule has 0 radical (unpaired) electrons. The number of para-hydroxylation sites is 1. The first-order valence-electron chi connectivity index (χ1n) is 8.64. The summed E-state index contributed by atoms with van der Waals surface area (Å²) in [5.74, 6) is -1.95. The first kappa shape index (κ1) is 19.2. The third-order valence-corrected chi connectivity index (χ3v) is 4.27. The average molecular weight is 380 g/mol. The van der Waals surface area contributed by atoms with Crippen LogP contribution in [0.15, 0.2) is 42.5 Å². The molecule has 1 heterocycles. The maximum Gasteiger partial charge on any atom is 0.261 e. The summed E-state index contributed by atoms with van der Waals surface area (Å²) < 4.78 is 11.0. The molecule has 0 spiro atoms. The number of imide groups is 1. The van der Waals surface area contributed by atoms with Gasteiger partial charge in [-0.05, 0) is 30.7 Å². The molecule has 7 nitrogen and oxygen atoms in total. The zero-order valence-corrected chi connectivity index (χ0v) is 15.4. The molecule has 1 aliphatic rings. The van der Waals surface area contributed by atoms with Gasteiger partial charge in [0.25, 0.3) is 11.8 Å². The van der Waals surface area contributed by atoms with Gasteiger partial charge in [0, 0.05) is 16.7 Å². The predicted octanol–water partition coefficient (Wildman–Crippen LogP) is 1.37. The minimum atomic E-state index is -1.52. The van der Waals surface area contributed by atoms with E-state index in [1.54, 1.807) is 48.5 Å². The molecule has 2 amide bonds. The second-order valence-corrected chi connectivity index (χ2v) is 5.98. The van der Waals surface area contributed by atoms with Crippen LogP contribution in [0.5, 0.6) is 11.5 Å². The summed E-state index contributed by atoms with van der Waals surface area (Å²) in [7, 11) is 1.49. The van der Waals surface area contributed by atoms with Gasteiger partial charge < -0.3 is 19.4 Å². The van der Waals surface area contributed by atoms with Gasteiger partial charge in [0.15, 0.2) is 11.5 Å². The number of ether oxygens (including phenoxy) is 2. The summed E-state index contributed by atoms with van der Waals surface area (Å²) in [5.41, 5.74) is 1.42. The fourth-order valence-electron chi connectivity index (χ4n) is 3.10. The summed E-state index contributed by atoms with van der Waals surface area (Å²) >= 11 is 0. The Morgan fingerprint density at radius 1 is 1.07 bits per heavy atom. The fourth-order valence-corrected chi connectivity index (χ4v) is 3.10. The van der Waals surface area contributed by atoms with Crippen molar-refractivity contribution < 1.29 is 29.0 Å². The molecule has 0 saturated carbocycles. The number of carbonyl (C=O) groups excluding carboxylic acids is 3. The Kier molecular flexibility index (Phi) is 5.44. The van der Waals surface area contributed by atoms with Crippen LogP contribution < -0.4 is 14.6 Å². The smallest absolute Gasteiger partial charge is 0.261 e. The Bertz CT molecular complexity index is 979. The highest BCUT2D eigenvalue weighted by Gasteiger charge is 2.34. The lowest BCUT2D eigenvalue weighted by Gasteiger charge is -2.29. The van der Waals surface area contributed by atoms with E-state index in [0.29, 0.717) is 34.1 Å². The van der Waals surface area contributed by atoms with E-state index in [4.69, 9.17) is 9.47 Å². The fraction of sp³-hybridized carbons (Fsp3) is 0.190. The highest BCUT2D eigenvalue weighted by atomic mass is 16.5. The summed E-state index contributed by atoms with van der Waals surface area (Å²) in [4.78, 5) is 37.2. The number of hydrogen-bond acceptors (Lipinski definition) is 6. The molecule has 28 heavy (non-hydrogen) atoms. The van der Waals surface area contributed by atoms with E-state index in [0.717, 1.165) is 0 Å². The molecule has 0 saturated heterocycles. The summed E-state index contributed by atoms with van der Waals surface area (Å²) in [6.45, 7) is 1.46. The molecule has 7 heteroatoms. The van der Waals surface area contributed by atoms with Crippen molar-refractivity contribution in [2.75, 3.05) is 20.3 Å². The number of carboxylic acid groups (broad SMARTS) is 1. The Morgan fingerprint density at radius 2 is 1.79 bits per heavy atom. The number of carbonyl (C=O) groups is 3. The first-order valence-corrected chi connectivity index (χ1v) is 8.64. The van der Waals surface area contributed by atoms with Gasteiger partial charge in [-0.25, -0.2) is 0 Å². The zero-order valence-electron chi connectivity index (χ0n) is 15.4. The molecule has 1 aliphatic heterocycles. The quantitative estimate of drug-likeness (QED) is 0.555. The van der Waals surface area contributed by atoms with Crippen molar-refractivity contribution in [3.05, 3.63) is 59.2 Å². The number of nitrogens with zero attached hydrogens (tertiary/aromatic N) is 1. The summed E-state index contributed by atoms with van der Waals surface area (Å²) in [5, 5.41) is 11.0. The minimum absolute atomic E-state index is 0.184. The SMILES string of the molecule is CCOc1cccc(/C=C2\C(=O)N(CC(=O)[O-])C(=O)c3ccccc32)c1OC. The van der Waals surface area contributed by atoms with Gasteiger partial charge in [0.05, 0.1) is 26.2 Å². The van der Waals surface area contributed by atoms with Crippen LogP contribution in [-0.2, 0) is 9.59 Å². The largest absolute Gasteiger partial charge is 0.548 e. The molecule has 0 aromatic heterocycles. The van der Waals surface area contributed by atoms with Crippen molar-refractivity contribution in [2.24, 2.45) is 0 Å². The number of rotatable bonds is 6. The average Bonchev–Trinajstić information content (AvgIpc) is 2.68. The molecule has 0 atom stereocenters. The van der Waals surface area contributed by atoms with Gasteiger partial charge in [-0.1, -0.05) is 30.3 Å². The number of hydrogen-bond donors (Lipinski definition) is 0. The van der Waals surface area contributed by atoms with Crippen molar-refractivity contribution in [1.82, 2.24) is 4.90 Å². The molecule has 0 N–H and O–H groups in total. The Labute approximate surface area is 161 Å². The van der Waals surface area contributed by atoms with Crippen molar-refractivity contribution in [1.29, 1.82) is 0 Å². The number of carboxylic acids is 1. The van der Waals surface area contributed by atoms with Crippen LogP contribution in [0.2, 0.25) is 0 Å². The van der Waals surface area contributed by atoms with E-state index in [9.17, 15) is 19.5 Å². The van der Waals surface area contributed by atoms with E-state index in [-0.39, 0.29) is 11.1 Å². The van der Waals surface area contributed by atoms with Gasteiger partial charge >= 0.3 is 0 Å². The lowest BCUT2D eigenvalue weighted by molar-refractivity contribution is -0.305. The third-order valence-electron chi connectivity index (χ3n) is 4.27.